The van der Waals surface area contributed by atoms with Gasteiger partial charge in [-0.1, -0.05) is 25.0 Å². The molecule has 0 radical (unpaired) electrons. The van der Waals surface area contributed by atoms with Gasteiger partial charge in [0.1, 0.15) is 5.82 Å². The summed E-state index contributed by atoms with van der Waals surface area (Å²) < 4.78 is 12.9. The molecule has 1 saturated heterocycles. The Labute approximate surface area is 148 Å². The van der Waals surface area contributed by atoms with Gasteiger partial charge in [0.05, 0.1) is 0 Å². The molecule has 2 amide bonds. The molecule has 0 spiro atoms. The van der Waals surface area contributed by atoms with Crippen LogP contribution in [0.25, 0.3) is 0 Å². The highest BCUT2D eigenvalue weighted by Crippen LogP contribution is 2.32. The fraction of sp³-hybridized carbons (Fsp3) is 0.600. The van der Waals surface area contributed by atoms with Crippen LogP contribution in [0, 0.1) is 17.7 Å². The molecule has 25 heavy (non-hydrogen) atoms. The third-order valence-corrected chi connectivity index (χ3v) is 5.46. The van der Waals surface area contributed by atoms with Crippen molar-refractivity contribution in [2.45, 2.75) is 44.9 Å². The molecule has 1 aliphatic carbocycles. The zero-order valence-corrected chi connectivity index (χ0v) is 14.7. The number of carbonyl (C=O) groups excluding carboxylic acids is 2. The van der Waals surface area contributed by atoms with E-state index in [0.29, 0.717) is 13.0 Å². The number of hydrogen-bond acceptors (Lipinski definition) is 2. The first kappa shape index (κ1) is 17.9. The summed E-state index contributed by atoms with van der Waals surface area (Å²) in [4.78, 5) is 27.3. The molecule has 0 aromatic heterocycles. The van der Waals surface area contributed by atoms with Gasteiger partial charge in [0.15, 0.2) is 0 Å². The Morgan fingerprint density at radius 1 is 1.00 bits per heavy atom. The van der Waals surface area contributed by atoms with E-state index in [4.69, 9.17) is 0 Å². The first-order valence-electron chi connectivity index (χ1n) is 9.46. The summed E-state index contributed by atoms with van der Waals surface area (Å²) in [6, 6.07) is 6.34. The van der Waals surface area contributed by atoms with Gasteiger partial charge in [0, 0.05) is 31.5 Å². The minimum atomic E-state index is -0.252. The van der Waals surface area contributed by atoms with Gasteiger partial charge in [-0.05, 0) is 49.8 Å². The molecule has 2 fully saturated rings. The van der Waals surface area contributed by atoms with E-state index in [1.165, 1.54) is 12.1 Å². The predicted octanol–water partition coefficient (Wildman–Crippen LogP) is 2.91. The molecule has 4 nitrogen and oxygen atoms in total. The van der Waals surface area contributed by atoms with Crippen LogP contribution in [0.15, 0.2) is 24.3 Å². The van der Waals surface area contributed by atoms with Gasteiger partial charge >= 0.3 is 0 Å². The lowest BCUT2D eigenvalue weighted by molar-refractivity contribution is -0.142. The molecule has 0 bridgehead atoms. The van der Waals surface area contributed by atoms with Crippen molar-refractivity contribution < 1.29 is 14.0 Å². The monoisotopic (exact) mass is 346 g/mol. The predicted molar refractivity (Wildman–Crippen MR) is 94.4 cm³/mol. The van der Waals surface area contributed by atoms with Gasteiger partial charge in [-0.25, -0.2) is 4.39 Å². The molecule has 2 aliphatic rings. The third-order valence-electron chi connectivity index (χ3n) is 5.46. The summed E-state index contributed by atoms with van der Waals surface area (Å²) in [7, 11) is 0. The summed E-state index contributed by atoms with van der Waals surface area (Å²) in [6.07, 6.45) is 6.49. The largest absolute Gasteiger partial charge is 0.356 e. The van der Waals surface area contributed by atoms with Crippen molar-refractivity contribution in [2.75, 3.05) is 19.6 Å². The highest BCUT2D eigenvalue weighted by molar-refractivity contribution is 5.88. The average Bonchev–Trinajstić information content (AvgIpc) is 3.17. The Bertz CT molecular complexity index is 596. The molecule has 1 saturated carbocycles. The van der Waals surface area contributed by atoms with Crippen LogP contribution >= 0.6 is 0 Å². The number of benzene rings is 1. The summed E-state index contributed by atoms with van der Waals surface area (Å²) >= 11 is 0. The molecule has 5 heteroatoms. The van der Waals surface area contributed by atoms with Crippen LogP contribution in [0.2, 0.25) is 0 Å². The lowest BCUT2D eigenvalue weighted by atomic mass is 9.78. The van der Waals surface area contributed by atoms with Crippen LogP contribution in [0.5, 0.6) is 0 Å². The Hall–Kier alpha value is -1.91. The maximum absolute atomic E-state index is 12.9. The summed E-state index contributed by atoms with van der Waals surface area (Å²) in [6.45, 7) is 2.20. The Kier molecular flexibility index (Phi) is 6.05. The molecule has 136 valence electrons. The van der Waals surface area contributed by atoms with Crippen molar-refractivity contribution in [3.63, 3.8) is 0 Å². The topological polar surface area (TPSA) is 49.4 Å². The second-order valence-electron chi connectivity index (χ2n) is 7.20. The van der Waals surface area contributed by atoms with E-state index in [-0.39, 0.29) is 29.5 Å². The first-order valence-corrected chi connectivity index (χ1v) is 9.46. The van der Waals surface area contributed by atoms with Gasteiger partial charge in [0.25, 0.3) is 0 Å². The van der Waals surface area contributed by atoms with Crippen LogP contribution in [0.4, 0.5) is 4.39 Å². The highest BCUT2D eigenvalue weighted by atomic mass is 19.1. The zero-order chi connectivity index (χ0) is 17.6. The van der Waals surface area contributed by atoms with Gasteiger partial charge in [0.2, 0.25) is 11.8 Å². The zero-order valence-electron chi connectivity index (χ0n) is 14.7. The normalized spacial score (nSPS) is 23.5. The fourth-order valence-electron chi connectivity index (χ4n) is 4.02. The van der Waals surface area contributed by atoms with Gasteiger partial charge in [-0.15, -0.1) is 0 Å². The molecule has 1 aromatic carbocycles. The van der Waals surface area contributed by atoms with Gasteiger partial charge in [-0.3, -0.25) is 9.59 Å². The van der Waals surface area contributed by atoms with Crippen LogP contribution < -0.4 is 5.32 Å². The summed E-state index contributed by atoms with van der Waals surface area (Å²) in [5.74, 6) is -0.429. The smallest absolute Gasteiger partial charge is 0.226 e. The minimum Gasteiger partial charge on any atom is -0.356 e. The number of likely N-dealkylation sites (tertiary alicyclic amines) is 1. The lowest BCUT2D eigenvalue weighted by Gasteiger charge is -2.32. The molecular formula is C20H27FN2O2. The van der Waals surface area contributed by atoms with Crippen molar-refractivity contribution in [2.24, 2.45) is 11.8 Å². The number of rotatable bonds is 5. The van der Waals surface area contributed by atoms with Crippen molar-refractivity contribution in [3.05, 3.63) is 35.6 Å². The van der Waals surface area contributed by atoms with E-state index in [9.17, 15) is 14.0 Å². The van der Waals surface area contributed by atoms with E-state index >= 15 is 0 Å². The first-order chi connectivity index (χ1) is 12.1. The molecular weight excluding hydrogens is 319 g/mol. The maximum atomic E-state index is 12.9. The fourth-order valence-corrected chi connectivity index (χ4v) is 4.02. The van der Waals surface area contributed by atoms with Crippen molar-refractivity contribution >= 4 is 11.8 Å². The average molecular weight is 346 g/mol. The standard InChI is InChI=1S/C20H27FN2O2/c21-16-9-7-15(8-10-16)11-12-22-19(24)17-5-1-2-6-18(17)20(25)23-13-3-4-14-23/h7-10,17-18H,1-6,11-14H2,(H,22,24)/t17-,18+/m0/s1. The van der Waals surface area contributed by atoms with E-state index < -0.39 is 0 Å². The summed E-state index contributed by atoms with van der Waals surface area (Å²) in [5, 5.41) is 2.99. The maximum Gasteiger partial charge on any atom is 0.226 e. The molecule has 2 atom stereocenters. The van der Waals surface area contributed by atoms with Crippen LogP contribution in [-0.2, 0) is 16.0 Å². The number of nitrogens with zero attached hydrogens (tertiary/aromatic N) is 1. The number of nitrogens with one attached hydrogen (secondary N) is 1. The minimum absolute atomic E-state index is 0.000594. The number of halogens is 1. The molecule has 1 aromatic rings. The Morgan fingerprint density at radius 3 is 2.32 bits per heavy atom. The van der Waals surface area contributed by atoms with Gasteiger partial charge < -0.3 is 10.2 Å². The molecule has 3 rings (SSSR count). The molecule has 0 unspecified atom stereocenters. The third kappa shape index (κ3) is 4.59. The van der Waals surface area contributed by atoms with Crippen LogP contribution in [0.1, 0.15) is 44.1 Å². The van der Waals surface area contributed by atoms with E-state index in [0.717, 1.165) is 57.2 Å². The molecule has 1 N–H and O–H groups in total. The summed E-state index contributed by atoms with van der Waals surface area (Å²) in [5.41, 5.74) is 0.995. The van der Waals surface area contributed by atoms with Crippen molar-refractivity contribution in [1.82, 2.24) is 10.2 Å². The van der Waals surface area contributed by atoms with Crippen molar-refractivity contribution in [3.8, 4) is 0 Å². The molecule has 1 heterocycles. The lowest BCUT2D eigenvalue weighted by Crippen LogP contribution is -2.45. The quantitative estimate of drug-likeness (QED) is 0.891. The molecule has 1 aliphatic heterocycles. The second kappa shape index (κ2) is 8.45. The van der Waals surface area contributed by atoms with Gasteiger partial charge in [-0.2, -0.15) is 0 Å². The van der Waals surface area contributed by atoms with E-state index in [1.807, 2.05) is 4.90 Å². The number of carbonyl (C=O) groups is 2. The van der Waals surface area contributed by atoms with Crippen LogP contribution in [0.3, 0.4) is 0 Å². The Balaban J connectivity index is 1.53. The van der Waals surface area contributed by atoms with E-state index in [1.54, 1.807) is 12.1 Å². The highest BCUT2D eigenvalue weighted by Gasteiger charge is 2.38. The second-order valence-corrected chi connectivity index (χ2v) is 7.20. The SMILES string of the molecule is O=C(NCCc1ccc(F)cc1)[C@H]1CCCC[C@H]1C(=O)N1CCCC1. The number of hydrogen-bond donors (Lipinski definition) is 1. The van der Waals surface area contributed by atoms with Crippen LogP contribution in [-0.4, -0.2) is 36.3 Å². The van der Waals surface area contributed by atoms with E-state index in [2.05, 4.69) is 5.32 Å². The number of amides is 2. The van der Waals surface area contributed by atoms with Crippen molar-refractivity contribution in [1.29, 1.82) is 0 Å². The Morgan fingerprint density at radius 2 is 1.64 bits per heavy atom.